The Morgan fingerprint density at radius 2 is 1.42 bits per heavy atom. The molecule has 0 aromatic heterocycles. The van der Waals surface area contributed by atoms with Crippen LogP contribution in [0.25, 0.3) is 0 Å². The summed E-state index contributed by atoms with van der Waals surface area (Å²) in [5.74, 6) is -1.90. The molecule has 112 valence electrons. The van der Waals surface area contributed by atoms with E-state index in [1.165, 1.54) is 26.6 Å². The zero-order valence-electron chi connectivity index (χ0n) is 10.8. The molecule has 0 spiro atoms. The van der Waals surface area contributed by atoms with E-state index in [0.29, 0.717) is 5.92 Å². The molecule has 0 radical (unpaired) electrons. The molecule has 0 aromatic carbocycles. The van der Waals surface area contributed by atoms with Gasteiger partial charge in [0.05, 0.1) is 0 Å². The Morgan fingerprint density at radius 3 is 1.68 bits per heavy atom. The van der Waals surface area contributed by atoms with Crippen LogP contribution in [0, 0.1) is 11.8 Å². The Hall–Kier alpha value is -0.723. The standard InChI is InChI=1S/C10H14F6O2Si/c1-5-17-8(10(14,15)16,18-19(2,3)4)6-7-9(11,12)13/h5H2,1-4H3. The predicted octanol–water partition coefficient (Wildman–Crippen LogP) is 3.70. The van der Waals surface area contributed by atoms with Crippen LogP contribution in [0.3, 0.4) is 0 Å². The summed E-state index contributed by atoms with van der Waals surface area (Å²) in [5.41, 5.74) is 0. The lowest BCUT2D eigenvalue weighted by atomic mass is 10.2. The van der Waals surface area contributed by atoms with E-state index in [2.05, 4.69) is 4.74 Å². The van der Waals surface area contributed by atoms with E-state index in [9.17, 15) is 26.3 Å². The molecule has 0 saturated heterocycles. The number of rotatable bonds is 4. The van der Waals surface area contributed by atoms with Gasteiger partial charge < -0.3 is 9.16 Å². The van der Waals surface area contributed by atoms with Gasteiger partial charge in [-0.05, 0) is 32.5 Å². The van der Waals surface area contributed by atoms with Crippen LogP contribution >= 0.6 is 0 Å². The average Bonchev–Trinajstić information content (AvgIpc) is 2.09. The maximum absolute atomic E-state index is 13.0. The minimum Gasteiger partial charge on any atom is -0.374 e. The van der Waals surface area contributed by atoms with Gasteiger partial charge in [0, 0.05) is 12.5 Å². The smallest absolute Gasteiger partial charge is 0.374 e. The van der Waals surface area contributed by atoms with E-state index in [1.54, 1.807) is 0 Å². The molecule has 1 atom stereocenters. The summed E-state index contributed by atoms with van der Waals surface area (Å²) in [5, 5.41) is 0. The molecule has 9 heteroatoms. The molecule has 0 fully saturated rings. The highest BCUT2D eigenvalue weighted by atomic mass is 28.4. The molecular weight excluding hydrogens is 294 g/mol. The highest BCUT2D eigenvalue weighted by Crippen LogP contribution is 2.37. The van der Waals surface area contributed by atoms with Gasteiger partial charge in [0.25, 0.3) is 0 Å². The van der Waals surface area contributed by atoms with E-state index < -0.39 is 33.1 Å². The van der Waals surface area contributed by atoms with Crippen molar-refractivity contribution < 1.29 is 35.5 Å². The van der Waals surface area contributed by atoms with E-state index in [-0.39, 0.29) is 0 Å². The van der Waals surface area contributed by atoms with Crippen molar-refractivity contribution in [2.45, 2.75) is 44.7 Å². The molecule has 0 aliphatic carbocycles. The first-order chi connectivity index (χ1) is 8.22. The van der Waals surface area contributed by atoms with Crippen LogP contribution in [0.5, 0.6) is 0 Å². The second-order valence-corrected chi connectivity index (χ2v) is 8.94. The Kier molecular flexibility index (Phi) is 5.51. The third-order valence-corrected chi connectivity index (χ3v) is 2.44. The fourth-order valence-electron chi connectivity index (χ4n) is 1.09. The lowest BCUT2D eigenvalue weighted by molar-refractivity contribution is -0.326. The first-order valence-electron chi connectivity index (χ1n) is 5.24. The van der Waals surface area contributed by atoms with Crippen molar-refractivity contribution in [2.24, 2.45) is 0 Å². The van der Waals surface area contributed by atoms with E-state index in [0.717, 1.165) is 5.92 Å². The Balaban J connectivity index is 5.71. The van der Waals surface area contributed by atoms with Crippen LogP contribution in [0.1, 0.15) is 6.92 Å². The van der Waals surface area contributed by atoms with Crippen molar-refractivity contribution >= 4 is 8.32 Å². The monoisotopic (exact) mass is 308 g/mol. The maximum Gasteiger partial charge on any atom is 0.457 e. The molecule has 0 rings (SSSR count). The van der Waals surface area contributed by atoms with Gasteiger partial charge in [-0.1, -0.05) is 0 Å². The maximum atomic E-state index is 13.0. The molecule has 0 aromatic rings. The quantitative estimate of drug-likeness (QED) is 0.341. The van der Waals surface area contributed by atoms with Crippen LogP contribution in [-0.2, 0) is 9.16 Å². The lowest BCUT2D eigenvalue weighted by Crippen LogP contribution is -2.54. The van der Waals surface area contributed by atoms with Crippen molar-refractivity contribution in [3.8, 4) is 11.8 Å². The van der Waals surface area contributed by atoms with E-state index >= 15 is 0 Å². The fraction of sp³-hybridized carbons (Fsp3) is 0.800. The summed E-state index contributed by atoms with van der Waals surface area (Å²) in [6, 6.07) is 0. The Bertz CT molecular complexity index is 359. The van der Waals surface area contributed by atoms with Crippen molar-refractivity contribution in [1.29, 1.82) is 0 Å². The van der Waals surface area contributed by atoms with Gasteiger partial charge in [-0.15, -0.1) is 0 Å². The normalized spacial score (nSPS) is 16.5. The number of ether oxygens (including phenoxy) is 1. The third-order valence-electron chi connectivity index (χ3n) is 1.54. The van der Waals surface area contributed by atoms with Gasteiger partial charge in [-0.2, -0.15) is 26.3 Å². The summed E-state index contributed by atoms with van der Waals surface area (Å²) >= 11 is 0. The van der Waals surface area contributed by atoms with Gasteiger partial charge in [-0.25, -0.2) is 0 Å². The topological polar surface area (TPSA) is 18.5 Å². The molecule has 2 nitrogen and oxygen atoms in total. The van der Waals surface area contributed by atoms with Crippen molar-refractivity contribution in [2.75, 3.05) is 6.61 Å². The summed E-state index contributed by atoms with van der Waals surface area (Å²) in [4.78, 5) is 0. The number of halogens is 6. The van der Waals surface area contributed by atoms with Crippen LogP contribution in [-0.4, -0.2) is 33.1 Å². The fourth-order valence-corrected chi connectivity index (χ4v) is 2.18. The molecule has 0 aliphatic rings. The molecule has 0 heterocycles. The number of hydrogen-bond acceptors (Lipinski definition) is 2. The molecule has 1 unspecified atom stereocenters. The highest BCUT2D eigenvalue weighted by molar-refractivity contribution is 6.69. The molecule has 0 amide bonds. The molecule has 0 bridgehead atoms. The number of hydrogen-bond donors (Lipinski definition) is 0. The SMILES string of the molecule is CCOC(C#CC(F)(F)F)(O[Si](C)(C)C)C(F)(F)F. The first-order valence-corrected chi connectivity index (χ1v) is 8.65. The lowest BCUT2D eigenvalue weighted by Gasteiger charge is -2.35. The first kappa shape index (κ1) is 18.3. The second-order valence-electron chi connectivity index (χ2n) is 4.51. The summed E-state index contributed by atoms with van der Waals surface area (Å²) < 4.78 is 84.1. The number of alkyl halides is 6. The van der Waals surface area contributed by atoms with E-state index in [1.807, 2.05) is 0 Å². The molecule has 0 aliphatic heterocycles. The van der Waals surface area contributed by atoms with Crippen LogP contribution in [0.4, 0.5) is 26.3 Å². The van der Waals surface area contributed by atoms with E-state index in [4.69, 9.17) is 4.43 Å². The minimum atomic E-state index is -5.19. The van der Waals surface area contributed by atoms with Crippen LogP contribution in [0.15, 0.2) is 0 Å². The minimum absolute atomic E-state index is 0.490. The molecular formula is C10H14F6O2Si. The van der Waals surface area contributed by atoms with Crippen LogP contribution < -0.4 is 0 Å². The molecule has 0 saturated carbocycles. The van der Waals surface area contributed by atoms with Crippen molar-refractivity contribution in [1.82, 2.24) is 0 Å². The summed E-state index contributed by atoms with van der Waals surface area (Å²) in [7, 11) is -2.85. The average molecular weight is 308 g/mol. The summed E-state index contributed by atoms with van der Waals surface area (Å²) in [6.45, 7) is 4.89. The Labute approximate surface area is 108 Å². The summed E-state index contributed by atoms with van der Waals surface area (Å²) in [6.07, 6.45) is -10.3. The second kappa shape index (κ2) is 5.72. The van der Waals surface area contributed by atoms with Gasteiger partial charge in [0.15, 0.2) is 8.32 Å². The van der Waals surface area contributed by atoms with Gasteiger partial charge in [0.2, 0.25) is 0 Å². The zero-order chi connectivity index (χ0) is 15.5. The van der Waals surface area contributed by atoms with Gasteiger partial charge in [-0.3, -0.25) is 0 Å². The third kappa shape index (κ3) is 6.31. The van der Waals surface area contributed by atoms with Gasteiger partial charge >= 0.3 is 18.1 Å². The van der Waals surface area contributed by atoms with Crippen molar-refractivity contribution in [3.63, 3.8) is 0 Å². The Morgan fingerprint density at radius 1 is 0.947 bits per heavy atom. The molecule has 0 N–H and O–H groups in total. The van der Waals surface area contributed by atoms with Crippen LogP contribution in [0.2, 0.25) is 19.6 Å². The predicted molar refractivity (Wildman–Crippen MR) is 58.7 cm³/mol. The van der Waals surface area contributed by atoms with Crippen molar-refractivity contribution in [3.05, 3.63) is 0 Å². The molecule has 19 heavy (non-hydrogen) atoms. The highest BCUT2D eigenvalue weighted by Gasteiger charge is 2.59. The zero-order valence-corrected chi connectivity index (χ0v) is 11.8. The van der Waals surface area contributed by atoms with Gasteiger partial charge in [0.1, 0.15) is 0 Å². The largest absolute Gasteiger partial charge is 0.457 e.